The van der Waals surface area contributed by atoms with E-state index in [1.807, 2.05) is 55.5 Å². The summed E-state index contributed by atoms with van der Waals surface area (Å²) in [5, 5.41) is 13.1. The maximum Gasteiger partial charge on any atom is 0.326 e. The number of amides is 1. The molecule has 2 aromatic carbocycles. The smallest absolute Gasteiger partial charge is 0.326 e. The van der Waals surface area contributed by atoms with E-state index in [1.54, 1.807) is 6.20 Å². The predicted octanol–water partition coefficient (Wildman–Crippen LogP) is 3.45. The van der Waals surface area contributed by atoms with Gasteiger partial charge in [-0.05, 0) is 42.7 Å². The number of carbonyl (C=O) groups is 2. The van der Waals surface area contributed by atoms with Gasteiger partial charge in [0.2, 0.25) is 5.91 Å². The van der Waals surface area contributed by atoms with E-state index in [0.29, 0.717) is 13.0 Å². The Morgan fingerprint density at radius 3 is 2.79 bits per heavy atom. The molecule has 3 rings (SSSR count). The van der Waals surface area contributed by atoms with Gasteiger partial charge in [-0.3, -0.25) is 4.79 Å². The van der Waals surface area contributed by atoms with E-state index in [9.17, 15) is 14.7 Å². The highest BCUT2D eigenvalue weighted by Crippen LogP contribution is 2.19. The minimum atomic E-state index is -1.05. The van der Waals surface area contributed by atoms with E-state index in [2.05, 4.69) is 10.3 Å². The highest BCUT2D eigenvalue weighted by atomic mass is 16.5. The van der Waals surface area contributed by atoms with Crippen LogP contribution in [-0.2, 0) is 16.0 Å². The summed E-state index contributed by atoms with van der Waals surface area (Å²) < 4.78 is 5.62. The zero-order valence-electron chi connectivity index (χ0n) is 15.8. The number of aromatic amines is 1. The van der Waals surface area contributed by atoms with Crippen LogP contribution >= 0.6 is 0 Å². The number of nitrogens with one attached hydrogen (secondary N) is 2. The first-order chi connectivity index (χ1) is 13.5. The first kappa shape index (κ1) is 19.5. The van der Waals surface area contributed by atoms with E-state index >= 15 is 0 Å². The number of para-hydroxylation sites is 1. The first-order valence-corrected chi connectivity index (χ1v) is 9.29. The Balaban J connectivity index is 1.49. The van der Waals surface area contributed by atoms with Crippen LogP contribution in [-0.4, -0.2) is 34.6 Å². The molecule has 1 aromatic heterocycles. The fraction of sp³-hybridized carbons (Fsp3) is 0.273. The number of carboxylic acid groups (broad SMARTS) is 1. The minimum Gasteiger partial charge on any atom is -0.494 e. The standard InChI is InChI=1S/C22H24N2O4/c1-15-6-4-7-17(12-15)28-11-5-10-21(25)24-20(22(26)27)13-16-14-23-19-9-3-2-8-18(16)19/h2-4,6-9,12,14,20,23H,5,10-11,13H2,1H3,(H,24,25)(H,26,27). The van der Waals surface area contributed by atoms with Crippen molar-refractivity contribution in [2.75, 3.05) is 6.61 Å². The van der Waals surface area contributed by atoms with Crippen molar-refractivity contribution in [1.29, 1.82) is 0 Å². The van der Waals surface area contributed by atoms with Crippen LogP contribution in [0.2, 0.25) is 0 Å². The molecule has 1 amide bonds. The molecule has 0 radical (unpaired) electrons. The maximum atomic E-state index is 12.2. The van der Waals surface area contributed by atoms with E-state index in [1.165, 1.54) is 0 Å². The number of hydrogen-bond donors (Lipinski definition) is 3. The van der Waals surface area contributed by atoms with Crippen LogP contribution in [0.5, 0.6) is 5.75 Å². The lowest BCUT2D eigenvalue weighted by Crippen LogP contribution is -2.42. The summed E-state index contributed by atoms with van der Waals surface area (Å²) in [6.45, 7) is 2.39. The number of aliphatic carboxylic acids is 1. The van der Waals surface area contributed by atoms with Crippen LogP contribution in [0.25, 0.3) is 10.9 Å². The Kier molecular flexibility index (Phi) is 6.32. The Hall–Kier alpha value is -3.28. The van der Waals surface area contributed by atoms with Crippen molar-refractivity contribution in [3.63, 3.8) is 0 Å². The number of benzene rings is 2. The van der Waals surface area contributed by atoms with Crippen LogP contribution in [0, 0.1) is 6.92 Å². The van der Waals surface area contributed by atoms with Crippen LogP contribution in [0.4, 0.5) is 0 Å². The summed E-state index contributed by atoms with van der Waals surface area (Å²) >= 11 is 0. The van der Waals surface area contributed by atoms with Gasteiger partial charge in [-0.1, -0.05) is 30.3 Å². The number of aryl methyl sites for hydroxylation is 1. The number of hydrogen-bond acceptors (Lipinski definition) is 3. The van der Waals surface area contributed by atoms with Crippen LogP contribution in [0.15, 0.2) is 54.7 Å². The SMILES string of the molecule is Cc1cccc(OCCCC(=O)NC(Cc2c[nH]c3ccccc23)C(=O)O)c1. The monoisotopic (exact) mass is 380 g/mol. The fourth-order valence-corrected chi connectivity index (χ4v) is 3.11. The Labute approximate surface area is 163 Å². The number of carboxylic acids is 1. The Bertz CT molecular complexity index is 964. The number of H-pyrrole nitrogens is 1. The van der Waals surface area contributed by atoms with Crippen molar-refractivity contribution in [3.05, 3.63) is 65.9 Å². The molecule has 3 aromatic rings. The normalized spacial score (nSPS) is 11.9. The second-order valence-electron chi connectivity index (χ2n) is 6.79. The molecular weight excluding hydrogens is 356 g/mol. The minimum absolute atomic E-state index is 0.212. The van der Waals surface area contributed by atoms with Gasteiger partial charge in [-0.15, -0.1) is 0 Å². The highest BCUT2D eigenvalue weighted by molar-refractivity contribution is 5.86. The van der Waals surface area contributed by atoms with E-state index in [0.717, 1.165) is 27.8 Å². The number of ether oxygens (including phenoxy) is 1. The van der Waals surface area contributed by atoms with Gasteiger partial charge in [0.15, 0.2) is 0 Å². The van der Waals surface area contributed by atoms with Crippen molar-refractivity contribution in [2.24, 2.45) is 0 Å². The molecule has 0 spiro atoms. The molecule has 6 nitrogen and oxygen atoms in total. The molecule has 0 fully saturated rings. The molecule has 0 saturated heterocycles. The van der Waals surface area contributed by atoms with Gasteiger partial charge in [0.25, 0.3) is 0 Å². The highest BCUT2D eigenvalue weighted by Gasteiger charge is 2.21. The molecular formula is C22H24N2O4. The lowest BCUT2D eigenvalue weighted by molar-refractivity contribution is -0.141. The zero-order chi connectivity index (χ0) is 19.9. The third-order valence-electron chi connectivity index (χ3n) is 4.54. The quantitative estimate of drug-likeness (QED) is 0.496. The van der Waals surface area contributed by atoms with Crippen LogP contribution in [0.3, 0.4) is 0 Å². The third kappa shape index (κ3) is 5.13. The van der Waals surface area contributed by atoms with Gasteiger partial charge in [-0.25, -0.2) is 4.79 Å². The lowest BCUT2D eigenvalue weighted by Gasteiger charge is -2.14. The molecule has 1 heterocycles. The van der Waals surface area contributed by atoms with Gasteiger partial charge >= 0.3 is 5.97 Å². The van der Waals surface area contributed by atoms with Crippen molar-refractivity contribution in [1.82, 2.24) is 10.3 Å². The van der Waals surface area contributed by atoms with Gasteiger partial charge in [0.05, 0.1) is 6.61 Å². The number of carbonyl (C=O) groups excluding carboxylic acids is 1. The predicted molar refractivity (Wildman–Crippen MR) is 107 cm³/mol. The van der Waals surface area contributed by atoms with Crippen molar-refractivity contribution >= 4 is 22.8 Å². The maximum absolute atomic E-state index is 12.2. The molecule has 6 heteroatoms. The van der Waals surface area contributed by atoms with Gasteiger partial charge in [0, 0.05) is 29.9 Å². The fourth-order valence-electron chi connectivity index (χ4n) is 3.11. The molecule has 28 heavy (non-hydrogen) atoms. The molecule has 3 N–H and O–H groups in total. The first-order valence-electron chi connectivity index (χ1n) is 9.29. The molecule has 0 aliphatic heterocycles. The zero-order valence-corrected chi connectivity index (χ0v) is 15.8. The summed E-state index contributed by atoms with van der Waals surface area (Å²) in [4.78, 5) is 26.9. The Morgan fingerprint density at radius 2 is 2.00 bits per heavy atom. The topological polar surface area (TPSA) is 91.4 Å². The molecule has 146 valence electrons. The van der Waals surface area contributed by atoms with Gasteiger partial charge in [-0.2, -0.15) is 0 Å². The van der Waals surface area contributed by atoms with Crippen LogP contribution < -0.4 is 10.1 Å². The van der Waals surface area contributed by atoms with E-state index < -0.39 is 12.0 Å². The van der Waals surface area contributed by atoms with Crippen molar-refractivity contribution < 1.29 is 19.4 Å². The summed E-state index contributed by atoms with van der Waals surface area (Å²) in [5.41, 5.74) is 2.92. The summed E-state index contributed by atoms with van der Waals surface area (Å²) in [7, 11) is 0. The second-order valence-corrected chi connectivity index (χ2v) is 6.79. The largest absolute Gasteiger partial charge is 0.494 e. The average Bonchev–Trinajstić information content (AvgIpc) is 3.08. The molecule has 0 aliphatic carbocycles. The van der Waals surface area contributed by atoms with E-state index in [-0.39, 0.29) is 18.7 Å². The third-order valence-corrected chi connectivity index (χ3v) is 4.54. The molecule has 0 saturated carbocycles. The Morgan fingerprint density at radius 1 is 1.18 bits per heavy atom. The summed E-state index contributed by atoms with van der Waals surface area (Å²) in [6, 6.07) is 14.4. The van der Waals surface area contributed by atoms with Gasteiger partial charge < -0.3 is 20.1 Å². The number of fused-ring (bicyclic) bond motifs is 1. The van der Waals surface area contributed by atoms with Crippen LogP contribution in [0.1, 0.15) is 24.0 Å². The van der Waals surface area contributed by atoms with Crippen molar-refractivity contribution in [3.8, 4) is 5.75 Å². The lowest BCUT2D eigenvalue weighted by atomic mass is 10.0. The molecule has 1 unspecified atom stereocenters. The molecule has 0 aliphatic rings. The number of aromatic nitrogens is 1. The van der Waals surface area contributed by atoms with Gasteiger partial charge in [0.1, 0.15) is 11.8 Å². The summed E-state index contributed by atoms with van der Waals surface area (Å²) in [6.07, 6.45) is 2.75. The summed E-state index contributed by atoms with van der Waals surface area (Å²) in [5.74, 6) is -0.571. The average molecular weight is 380 g/mol. The van der Waals surface area contributed by atoms with E-state index in [4.69, 9.17) is 4.74 Å². The van der Waals surface area contributed by atoms with Crippen molar-refractivity contribution in [2.45, 2.75) is 32.2 Å². The number of rotatable bonds is 9. The second kappa shape index (κ2) is 9.08. The molecule has 1 atom stereocenters. The molecule has 0 bridgehead atoms.